The fraction of sp³-hybridized carbons (Fsp3) is 0.182. The van der Waals surface area contributed by atoms with Crippen molar-refractivity contribution in [3.05, 3.63) is 29.6 Å². The molecule has 0 amide bonds. The molecule has 0 fully saturated rings. The van der Waals surface area contributed by atoms with E-state index < -0.39 is 0 Å². The number of nitrogen functional groups attached to an aromatic ring is 1. The van der Waals surface area contributed by atoms with E-state index in [1.54, 1.807) is 6.07 Å². The zero-order valence-electron chi connectivity index (χ0n) is 8.87. The molecule has 0 saturated carbocycles. The number of nitrogens with zero attached hydrogens (tertiary/aromatic N) is 1. The number of nitrogens with two attached hydrogens (primary N) is 1. The maximum Gasteiger partial charge on any atom is 0.189 e. The molecular weight excluding hydrogens is 225 g/mol. The van der Waals surface area contributed by atoms with Crippen LogP contribution in [0.1, 0.15) is 5.56 Å². The Bertz CT molecular complexity index is 568. The van der Waals surface area contributed by atoms with E-state index in [0.29, 0.717) is 35.0 Å². The van der Waals surface area contributed by atoms with E-state index in [1.807, 2.05) is 0 Å². The first-order valence-electron chi connectivity index (χ1n) is 5.08. The second-order valence-electron chi connectivity index (χ2n) is 3.76. The van der Waals surface area contributed by atoms with E-state index in [1.165, 1.54) is 12.1 Å². The molecule has 0 bridgehead atoms. The van der Waals surface area contributed by atoms with Gasteiger partial charge < -0.3 is 15.2 Å². The van der Waals surface area contributed by atoms with Gasteiger partial charge in [0, 0.05) is 17.2 Å². The van der Waals surface area contributed by atoms with Crippen molar-refractivity contribution in [2.45, 2.75) is 6.61 Å². The summed E-state index contributed by atoms with van der Waals surface area (Å²) in [5.41, 5.74) is 7.44. The van der Waals surface area contributed by atoms with Crippen LogP contribution in [0.15, 0.2) is 18.2 Å². The third kappa shape index (κ3) is 1.72. The lowest BCUT2D eigenvalue weighted by Gasteiger charge is -2.20. The smallest absolute Gasteiger partial charge is 0.189 e. The quantitative estimate of drug-likeness (QED) is 0.788. The Morgan fingerprint density at radius 3 is 3.00 bits per heavy atom. The van der Waals surface area contributed by atoms with Gasteiger partial charge in [-0.1, -0.05) is 0 Å². The Balaban J connectivity index is 2.18. The van der Waals surface area contributed by atoms with Gasteiger partial charge in [0.25, 0.3) is 0 Å². The van der Waals surface area contributed by atoms with Crippen molar-refractivity contribution in [2.24, 2.45) is 0 Å². The monoisotopic (exact) mass is 235 g/mol. The molecule has 17 heavy (non-hydrogen) atoms. The lowest BCUT2D eigenvalue weighted by atomic mass is 10.1. The van der Waals surface area contributed by atoms with Crippen LogP contribution in [0.25, 0.3) is 11.3 Å². The van der Waals surface area contributed by atoms with Gasteiger partial charge in [-0.3, -0.25) is 5.10 Å². The van der Waals surface area contributed by atoms with Crippen LogP contribution in [0.5, 0.6) is 5.75 Å². The normalized spacial score (nSPS) is 14.2. The minimum absolute atomic E-state index is 0.162. The van der Waals surface area contributed by atoms with Crippen molar-refractivity contribution in [3.8, 4) is 17.0 Å². The Hall–Kier alpha value is -2.08. The van der Waals surface area contributed by atoms with E-state index in [0.717, 1.165) is 0 Å². The van der Waals surface area contributed by atoms with Gasteiger partial charge in [0.05, 0.1) is 12.3 Å². The average Bonchev–Trinajstić information content (AvgIpc) is 2.74. The van der Waals surface area contributed by atoms with Gasteiger partial charge in [-0.15, -0.1) is 0 Å². The van der Waals surface area contributed by atoms with Crippen molar-refractivity contribution >= 4 is 5.82 Å². The minimum Gasteiger partial charge on any atom is -0.466 e. The summed E-state index contributed by atoms with van der Waals surface area (Å²) in [7, 11) is 0. The molecule has 0 atom stereocenters. The molecule has 3 N–H and O–H groups in total. The maximum atomic E-state index is 13.5. The zero-order chi connectivity index (χ0) is 11.8. The van der Waals surface area contributed by atoms with Crippen LogP contribution < -0.4 is 10.5 Å². The molecule has 1 aliphatic heterocycles. The largest absolute Gasteiger partial charge is 0.466 e. The first kappa shape index (κ1) is 10.1. The number of aromatic nitrogens is 2. The number of anilines is 1. The van der Waals surface area contributed by atoms with Crippen molar-refractivity contribution in [1.82, 2.24) is 10.2 Å². The van der Waals surface area contributed by atoms with E-state index in [4.69, 9.17) is 15.2 Å². The standard InChI is InChI=1S/C11H10FN3O2/c12-7-1-6-4-16-5-17-11(6)8(2-7)9-3-10(13)15-14-9/h1-3H,4-5H2,(H3,13,14,15). The Morgan fingerprint density at radius 1 is 1.35 bits per heavy atom. The predicted octanol–water partition coefficient (Wildman–Crippen LogP) is 1.66. The van der Waals surface area contributed by atoms with E-state index in [-0.39, 0.29) is 12.6 Å². The summed E-state index contributed by atoms with van der Waals surface area (Å²) in [6, 6.07) is 4.42. The van der Waals surface area contributed by atoms with Crippen LogP contribution >= 0.6 is 0 Å². The zero-order valence-corrected chi connectivity index (χ0v) is 8.87. The molecule has 5 nitrogen and oxygen atoms in total. The summed E-state index contributed by atoms with van der Waals surface area (Å²) < 4.78 is 24.0. The molecule has 2 aromatic rings. The summed E-state index contributed by atoms with van der Waals surface area (Å²) in [6.07, 6.45) is 0. The maximum absolute atomic E-state index is 13.5. The topological polar surface area (TPSA) is 73.2 Å². The Labute approximate surface area is 96.3 Å². The molecule has 3 rings (SSSR count). The van der Waals surface area contributed by atoms with Crippen molar-refractivity contribution in [1.29, 1.82) is 0 Å². The fourth-order valence-electron chi connectivity index (χ4n) is 1.86. The van der Waals surface area contributed by atoms with Gasteiger partial charge in [-0.2, -0.15) is 5.10 Å². The number of rotatable bonds is 1. The lowest BCUT2D eigenvalue weighted by Crippen LogP contribution is -2.12. The Morgan fingerprint density at radius 2 is 2.24 bits per heavy atom. The van der Waals surface area contributed by atoms with E-state index in [9.17, 15) is 4.39 Å². The molecule has 0 spiro atoms. The highest BCUT2D eigenvalue weighted by Gasteiger charge is 2.19. The number of H-pyrrole nitrogens is 1. The third-order valence-electron chi connectivity index (χ3n) is 2.56. The Kier molecular flexibility index (Phi) is 2.22. The molecule has 1 aromatic heterocycles. The number of nitrogens with one attached hydrogen (secondary N) is 1. The highest BCUT2D eigenvalue weighted by atomic mass is 19.1. The average molecular weight is 235 g/mol. The molecule has 1 aliphatic rings. The number of hydrogen-bond donors (Lipinski definition) is 2. The highest BCUT2D eigenvalue weighted by Crippen LogP contribution is 2.36. The summed E-state index contributed by atoms with van der Waals surface area (Å²) in [5, 5.41) is 6.55. The predicted molar refractivity (Wildman–Crippen MR) is 58.7 cm³/mol. The van der Waals surface area contributed by atoms with Crippen LogP contribution in [0.2, 0.25) is 0 Å². The number of ether oxygens (including phenoxy) is 2. The molecule has 0 radical (unpaired) electrons. The lowest BCUT2D eigenvalue weighted by molar-refractivity contribution is -0.0161. The van der Waals surface area contributed by atoms with Crippen molar-refractivity contribution < 1.29 is 13.9 Å². The fourth-order valence-corrected chi connectivity index (χ4v) is 1.86. The summed E-state index contributed by atoms with van der Waals surface area (Å²) in [4.78, 5) is 0. The summed E-state index contributed by atoms with van der Waals surface area (Å²) in [6.45, 7) is 0.499. The molecular formula is C11H10FN3O2. The van der Waals surface area contributed by atoms with Gasteiger partial charge in [0.2, 0.25) is 0 Å². The number of fused-ring (bicyclic) bond motifs is 1. The first-order valence-corrected chi connectivity index (χ1v) is 5.08. The van der Waals surface area contributed by atoms with E-state index in [2.05, 4.69) is 10.2 Å². The van der Waals surface area contributed by atoms with Gasteiger partial charge >= 0.3 is 0 Å². The molecule has 6 heteroatoms. The summed E-state index contributed by atoms with van der Waals surface area (Å²) in [5.74, 6) is 0.618. The molecule has 1 aromatic carbocycles. The molecule has 0 unspecified atom stereocenters. The number of halogens is 1. The van der Waals surface area contributed by atoms with Gasteiger partial charge in [0.15, 0.2) is 6.79 Å². The van der Waals surface area contributed by atoms with Crippen LogP contribution in [0.4, 0.5) is 10.2 Å². The summed E-state index contributed by atoms with van der Waals surface area (Å²) >= 11 is 0. The third-order valence-corrected chi connectivity index (χ3v) is 2.56. The molecule has 88 valence electrons. The van der Waals surface area contributed by atoms with Crippen molar-refractivity contribution in [3.63, 3.8) is 0 Å². The van der Waals surface area contributed by atoms with E-state index >= 15 is 0 Å². The second-order valence-corrected chi connectivity index (χ2v) is 3.76. The number of aromatic amines is 1. The van der Waals surface area contributed by atoms with Gasteiger partial charge in [0.1, 0.15) is 17.4 Å². The van der Waals surface area contributed by atoms with Crippen LogP contribution in [0, 0.1) is 5.82 Å². The number of hydrogen-bond acceptors (Lipinski definition) is 4. The molecule has 0 saturated heterocycles. The van der Waals surface area contributed by atoms with Crippen LogP contribution in [-0.2, 0) is 11.3 Å². The SMILES string of the molecule is Nc1cc(-c2cc(F)cc3c2OCOC3)[nH]n1. The second kappa shape index (κ2) is 3.74. The number of benzene rings is 1. The first-order chi connectivity index (χ1) is 8.24. The van der Waals surface area contributed by atoms with Crippen LogP contribution in [0.3, 0.4) is 0 Å². The van der Waals surface area contributed by atoms with Gasteiger partial charge in [-0.25, -0.2) is 4.39 Å². The highest BCUT2D eigenvalue weighted by molar-refractivity contribution is 5.71. The minimum atomic E-state index is -0.346. The van der Waals surface area contributed by atoms with Crippen LogP contribution in [-0.4, -0.2) is 17.0 Å². The van der Waals surface area contributed by atoms with Gasteiger partial charge in [-0.05, 0) is 12.1 Å². The van der Waals surface area contributed by atoms with Crippen molar-refractivity contribution in [2.75, 3.05) is 12.5 Å². The molecule has 2 heterocycles. The molecule has 0 aliphatic carbocycles.